The minimum atomic E-state index is -0.959. The van der Waals surface area contributed by atoms with Gasteiger partial charge in [-0.3, -0.25) is 4.79 Å². The number of pyridine rings is 1. The number of ether oxygens (including phenoxy) is 3. The number of hydrogen-bond acceptors (Lipinski definition) is 10. The van der Waals surface area contributed by atoms with Gasteiger partial charge in [0, 0.05) is 62.5 Å². The quantitative estimate of drug-likeness (QED) is 0.132. The van der Waals surface area contributed by atoms with E-state index in [0.29, 0.717) is 70.1 Å². The van der Waals surface area contributed by atoms with Crippen LogP contribution < -0.4 is 9.64 Å². The Morgan fingerprint density at radius 2 is 1.82 bits per heavy atom. The molecule has 5 aromatic rings. The van der Waals surface area contributed by atoms with E-state index in [0.717, 1.165) is 17.2 Å². The van der Waals surface area contributed by atoms with E-state index in [-0.39, 0.29) is 62.0 Å². The molecule has 3 aromatic carbocycles. The fourth-order valence-electron chi connectivity index (χ4n) is 8.81. The van der Waals surface area contributed by atoms with Crippen LogP contribution in [0.3, 0.4) is 0 Å². The summed E-state index contributed by atoms with van der Waals surface area (Å²) >= 11 is 0. The third kappa shape index (κ3) is 6.86. The summed E-state index contributed by atoms with van der Waals surface area (Å²) in [5, 5.41) is 21.8. The van der Waals surface area contributed by atoms with Crippen LogP contribution in [-0.4, -0.2) is 107 Å². The number of aryl methyl sites for hydroxylation is 2. The monoisotopic (exact) mass is 777 g/mol. The zero-order valence-electron chi connectivity index (χ0n) is 33.2. The molecule has 13 nitrogen and oxygen atoms in total. The lowest BCUT2D eigenvalue weighted by molar-refractivity contribution is -0.137. The van der Waals surface area contributed by atoms with Crippen LogP contribution in [0.4, 0.5) is 15.0 Å². The maximum Gasteiger partial charge on any atom is 0.410 e. The van der Waals surface area contributed by atoms with Crippen molar-refractivity contribution in [1.29, 1.82) is 5.26 Å². The number of fused-ring (bicyclic) bond motifs is 5. The van der Waals surface area contributed by atoms with Crippen LogP contribution >= 0.6 is 0 Å². The highest BCUT2D eigenvalue weighted by Gasteiger charge is 2.56. The van der Waals surface area contributed by atoms with Crippen molar-refractivity contribution < 1.29 is 33.3 Å². The van der Waals surface area contributed by atoms with E-state index in [1.807, 2.05) is 77.3 Å². The maximum atomic E-state index is 18.0. The van der Waals surface area contributed by atoms with Crippen LogP contribution in [0.1, 0.15) is 57.5 Å². The first-order valence-electron chi connectivity index (χ1n) is 19.5. The molecule has 3 atom stereocenters. The highest BCUT2D eigenvalue weighted by molar-refractivity contribution is 6.10. The van der Waals surface area contributed by atoms with Gasteiger partial charge in [-0.05, 0) is 87.8 Å². The fourth-order valence-corrected chi connectivity index (χ4v) is 8.81. The van der Waals surface area contributed by atoms with Crippen LogP contribution in [-0.2, 0) is 27.1 Å². The number of methoxy groups -OCH3 is 1. The van der Waals surface area contributed by atoms with Crippen LogP contribution in [0, 0.1) is 23.1 Å². The normalized spacial score (nSPS) is 19.3. The minimum absolute atomic E-state index is 0.00859. The van der Waals surface area contributed by atoms with Gasteiger partial charge in [0.05, 0.1) is 30.1 Å². The first-order chi connectivity index (χ1) is 27.3. The van der Waals surface area contributed by atoms with Gasteiger partial charge in [0.2, 0.25) is 0 Å². The van der Waals surface area contributed by atoms with Crippen LogP contribution in [0.2, 0.25) is 0 Å². The Balaban J connectivity index is 1.40. The van der Waals surface area contributed by atoms with Crippen molar-refractivity contribution in [3.05, 3.63) is 59.7 Å². The van der Waals surface area contributed by atoms with E-state index in [9.17, 15) is 20.0 Å². The van der Waals surface area contributed by atoms with E-state index in [1.165, 1.54) is 7.11 Å². The van der Waals surface area contributed by atoms with Gasteiger partial charge >= 0.3 is 12.1 Å². The average molecular weight is 778 g/mol. The number of rotatable bonds is 12. The molecule has 1 amide bonds. The Labute approximate surface area is 330 Å². The van der Waals surface area contributed by atoms with Crippen LogP contribution in [0.15, 0.2) is 42.5 Å². The maximum absolute atomic E-state index is 18.0. The van der Waals surface area contributed by atoms with Gasteiger partial charge in [0.15, 0.2) is 18.4 Å². The third-order valence-electron chi connectivity index (χ3n) is 11.6. The molecule has 9 rings (SSSR count). The highest BCUT2D eigenvalue weighted by atomic mass is 19.1. The summed E-state index contributed by atoms with van der Waals surface area (Å²) in [7, 11) is 5.59. The van der Waals surface area contributed by atoms with Gasteiger partial charge in [-0.1, -0.05) is 24.3 Å². The predicted molar refractivity (Wildman–Crippen MR) is 214 cm³/mol. The van der Waals surface area contributed by atoms with Gasteiger partial charge in [0.1, 0.15) is 28.2 Å². The zero-order valence-corrected chi connectivity index (χ0v) is 33.2. The number of carbonyl (C=O) groups is 2. The van der Waals surface area contributed by atoms with E-state index in [1.54, 1.807) is 4.90 Å². The SMILES string of the molecule is COCOc1cc(-c2c(CCC#N)cc3c(nc(N4CC(N(C)C)C4)c4nc(CCC(=O)O)n(C5C6CC5N(C(=O)OC(C)(C)C)C6)c43)c2F)c2ccccc2c1. The second-order valence-electron chi connectivity index (χ2n) is 16.7. The van der Waals surface area contributed by atoms with E-state index < -0.39 is 23.5 Å². The Morgan fingerprint density at radius 1 is 1.05 bits per heavy atom. The van der Waals surface area contributed by atoms with Crippen molar-refractivity contribution >= 4 is 50.6 Å². The number of imidazole rings is 1. The number of halogens is 1. The summed E-state index contributed by atoms with van der Waals surface area (Å²) in [5.74, 6) is 0.147. The molecule has 5 heterocycles. The summed E-state index contributed by atoms with van der Waals surface area (Å²) in [6, 6.07) is 15.4. The van der Waals surface area contributed by atoms with Crippen molar-refractivity contribution in [2.45, 2.75) is 76.6 Å². The smallest absolute Gasteiger partial charge is 0.410 e. The molecule has 57 heavy (non-hydrogen) atoms. The Morgan fingerprint density at radius 3 is 2.53 bits per heavy atom. The number of anilines is 1. The number of likely N-dealkylation sites (N-methyl/N-ethyl adjacent to an activating group) is 1. The minimum Gasteiger partial charge on any atom is -0.481 e. The molecule has 3 saturated heterocycles. The zero-order chi connectivity index (χ0) is 40.3. The molecule has 3 unspecified atom stereocenters. The van der Waals surface area contributed by atoms with Crippen molar-refractivity contribution in [1.82, 2.24) is 24.3 Å². The van der Waals surface area contributed by atoms with Crippen molar-refractivity contribution in [3.8, 4) is 22.9 Å². The molecule has 2 bridgehead atoms. The molecule has 1 aliphatic carbocycles. The van der Waals surface area contributed by atoms with Gasteiger partial charge in [-0.2, -0.15) is 5.26 Å². The number of aliphatic carboxylic acids is 1. The van der Waals surface area contributed by atoms with E-state index in [4.69, 9.17) is 24.2 Å². The number of benzene rings is 3. The number of carboxylic acids is 1. The first-order valence-corrected chi connectivity index (χ1v) is 19.5. The predicted octanol–water partition coefficient (Wildman–Crippen LogP) is 6.93. The van der Waals surface area contributed by atoms with E-state index >= 15 is 4.39 Å². The molecule has 4 fully saturated rings. The molecule has 298 valence electrons. The summed E-state index contributed by atoms with van der Waals surface area (Å²) in [5.41, 5.74) is 2.25. The van der Waals surface area contributed by atoms with Crippen LogP contribution in [0.5, 0.6) is 5.75 Å². The van der Waals surface area contributed by atoms with Crippen molar-refractivity contribution in [2.24, 2.45) is 5.92 Å². The number of carboxylic acid groups (broad SMARTS) is 1. The molecule has 0 spiro atoms. The third-order valence-corrected chi connectivity index (χ3v) is 11.6. The lowest BCUT2D eigenvalue weighted by Gasteiger charge is -2.43. The number of nitriles is 1. The van der Waals surface area contributed by atoms with Crippen molar-refractivity contribution in [2.75, 3.05) is 52.5 Å². The van der Waals surface area contributed by atoms with Gasteiger partial charge in [-0.25, -0.2) is 19.2 Å². The van der Waals surface area contributed by atoms with Crippen LogP contribution in [0.25, 0.3) is 43.8 Å². The summed E-state index contributed by atoms with van der Waals surface area (Å²) < 4.78 is 37.0. The molecule has 3 aliphatic heterocycles. The number of carbonyl (C=O) groups excluding carboxylic acids is 1. The number of aromatic nitrogens is 3. The molecule has 14 heteroatoms. The van der Waals surface area contributed by atoms with Gasteiger partial charge < -0.3 is 38.6 Å². The van der Waals surface area contributed by atoms with Crippen molar-refractivity contribution in [3.63, 3.8) is 0 Å². The Kier molecular flexibility index (Phi) is 9.94. The average Bonchev–Trinajstić information content (AvgIpc) is 3.84. The first kappa shape index (κ1) is 38.4. The molecule has 0 radical (unpaired) electrons. The topological polar surface area (TPSA) is 146 Å². The summed E-state index contributed by atoms with van der Waals surface area (Å²) in [6.45, 7) is 7.31. The molecule has 1 saturated carbocycles. The largest absolute Gasteiger partial charge is 0.481 e. The molecular weight excluding hydrogens is 730 g/mol. The Bertz CT molecular complexity index is 2450. The molecular formula is C43H48FN7O6. The lowest BCUT2D eigenvalue weighted by Crippen LogP contribution is -2.57. The van der Waals surface area contributed by atoms with Gasteiger partial charge in [0.25, 0.3) is 0 Å². The molecule has 2 aromatic heterocycles. The second kappa shape index (κ2) is 14.8. The summed E-state index contributed by atoms with van der Waals surface area (Å²) in [4.78, 5) is 41.8. The lowest BCUT2D eigenvalue weighted by atomic mass is 9.79. The van der Waals surface area contributed by atoms with Gasteiger partial charge in [-0.15, -0.1) is 0 Å². The molecule has 1 N–H and O–H groups in total. The Hall–Kier alpha value is -5.52. The number of amides is 1. The fraction of sp³-hybridized carbons (Fsp3) is 0.465. The van der Waals surface area contributed by atoms with E-state index in [2.05, 4.69) is 20.4 Å². The number of hydrogen-bond donors (Lipinski definition) is 1. The standard InChI is InChI=1S/C43H48FN7O6/c1-43(2,3)57-42(54)50-20-26-18-32(50)39(26)51-33(13-14-34(52)53)46-38-40(51)31-17-25(11-9-15-45)35(36(44)37(31)47-41(38)49-21-27(22-49)48(4)5)30-19-28(56-23-55-6)16-24-10-7-8-12-29(24)30/h7-8,10,12,16-17,19,26-27,32,39H,9,11,13-14,18,20-23H2,1-6H3,(H,52,53). The summed E-state index contributed by atoms with van der Waals surface area (Å²) in [6.07, 6.45) is 0.747. The molecule has 4 aliphatic rings. The second-order valence-corrected chi connectivity index (χ2v) is 16.7. The highest BCUT2D eigenvalue weighted by Crippen LogP contribution is 2.53. The number of nitrogens with zero attached hydrogens (tertiary/aromatic N) is 7.